The molecule has 1 aliphatic carbocycles. The van der Waals surface area contributed by atoms with Crippen LogP contribution in [0.25, 0.3) is 0 Å². The van der Waals surface area contributed by atoms with Gasteiger partial charge >= 0.3 is 0 Å². The van der Waals surface area contributed by atoms with Gasteiger partial charge in [-0.1, -0.05) is 18.9 Å². The highest BCUT2D eigenvalue weighted by Gasteiger charge is 2.39. The van der Waals surface area contributed by atoms with Crippen LogP contribution in [-0.2, 0) is 19.6 Å². The minimum absolute atomic E-state index is 0.0257. The molecule has 26 heavy (non-hydrogen) atoms. The van der Waals surface area contributed by atoms with Crippen LogP contribution in [0.3, 0.4) is 0 Å². The molecule has 3 fully saturated rings. The van der Waals surface area contributed by atoms with Crippen LogP contribution >= 0.6 is 11.3 Å². The van der Waals surface area contributed by atoms with E-state index in [0.717, 1.165) is 25.8 Å². The fourth-order valence-corrected chi connectivity index (χ4v) is 6.97. The second kappa shape index (κ2) is 7.58. The van der Waals surface area contributed by atoms with Crippen LogP contribution in [0, 0.1) is 0 Å². The first-order valence-electron chi connectivity index (χ1n) is 9.55. The summed E-state index contributed by atoms with van der Waals surface area (Å²) in [6, 6.07) is 3.82. The molecule has 3 heterocycles. The van der Waals surface area contributed by atoms with E-state index in [4.69, 9.17) is 4.74 Å². The van der Waals surface area contributed by atoms with Crippen molar-refractivity contribution >= 4 is 27.3 Å². The SMILES string of the molecule is O=C1C(OC2CCN(S(=O)(=O)c3cccs3)CC2)CCN1C1CCCC1. The number of piperidine rings is 1. The van der Waals surface area contributed by atoms with Gasteiger partial charge in [0.05, 0.1) is 6.10 Å². The molecule has 2 aliphatic heterocycles. The largest absolute Gasteiger partial charge is 0.365 e. The summed E-state index contributed by atoms with van der Waals surface area (Å²) in [7, 11) is -3.38. The Balaban J connectivity index is 1.30. The zero-order valence-corrected chi connectivity index (χ0v) is 16.5. The topological polar surface area (TPSA) is 66.9 Å². The number of nitrogens with zero attached hydrogens (tertiary/aromatic N) is 2. The number of thiophene rings is 1. The Kier molecular flexibility index (Phi) is 5.36. The fourth-order valence-electron chi connectivity index (χ4n) is 4.36. The van der Waals surface area contributed by atoms with E-state index in [2.05, 4.69) is 0 Å². The molecule has 1 unspecified atom stereocenters. The van der Waals surface area contributed by atoms with E-state index in [9.17, 15) is 13.2 Å². The molecular weight excluding hydrogens is 372 g/mol. The second-order valence-corrected chi connectivity index (χ2v) is 10.5. The average molecular weight is 399 g/mol. The van der Waals surface area contributed by atoms with Gasteiger partial charge in [-0.2, -0.15) is 4.31 Å². The van der Waals surface area contributed by atoms with Crippen LogP contribution < -0.4 is 0 Å². The maximum Gasteiger partial charge on any atom is 0.252 e. The van der Waals surface area contributed by atoms with Crippen molar-refractivity contribution in [2.45, 2.75) is 67.4 Å². The molecular formula is C18H26N2O4S2. The summed E-state index contributed by atoms with van der Waals surface area (Å²) in [6.45, 7) is 1.72. The van der Waals surface area contributed by atoms with E-state index in [1.165, 1.54) is 24.2 Å². The van der Waals surface area contributed by atoms with E-state index in [-0.39, 0.29) is 18.1 Å². The first-order chi connectivity index (χ1) is 12.6. The second-order valence-electron chi connectivity index (χ2n) is 7.42. The zero-order valence-electron chi connectivity index (χ0n) is 14.9. The molecule has 6 nitrogen and oxygen atoms in total. The molecule has 1 aromatic rings. The molecule has 1 saturated carbocycles. The third kappa shape index (κ3) is 3.56. The molecule has 2 saturated heterocycles. The van der Waals surface area contributed by atoms with E-state index in [0.29, 0.717) is 36.2 Å². The molecule has 1 aromatic heterocycles. The maximum atomic E-state index is 12.6. The van der Waals surface area contributed by atoms with Crippen LogP contribution in [-0.4, -0.2) is 61.4 Å². The van der Waals surface area contributed by atoms with E-state index >= 15 is 0 Å². The average Bonchev–Trinajstić information content (AvgIpc) is 3.38. The predicted octanol–water partition coefficient (Wildman–Crippen LogP) is 2.46. The molecule has 3 aliphatic rings. The first kappa shape index (κ1) is 18.4. The number of sulfonamides is 1. The van der Waals surface area contributed by atoms with Gasteiger partial charge in [-0.15, -0.1) is 11.3 Å². The zero-order chi connectivity index (χ0) is 18.1. The molecule has 1 amide bonds. The van der Waals surface area contributed by atoms with Crippen LogP contribution in [0.4, 0.5) is 0 Å². The van der Waals surface area contributed by atoms with Gasteiger partial charge in [0.1, 0.15) is 10.3 Å². The minimum Gasteiger partial charge on any atom is -0.365 e. The Morgan fingerprint density at radius 3 is 2.42 bits per heavy atom. The van der Waals surface area contributed by atoms with Crippen LogP contribution in [0.2, 0.25) is 0 Å². The third-order valence-electron chi connectivity index (χ3n) is 5.80. The lowest BCUT2D eigenvalue weighted by Crippen LogP contribution is -2.43. The van der Waals surface area contributed by atoms with E-state index in [1.807, 2.05) is 4.90 Å². The molecule has 8 heteroatoms. The summed E-state index contributed by atoms with van der Waals surface area (Å²) in [5.41, 5.74) is 0. The third-order valence-corrected chi connectivity index (χ3v) is 9.07. The maximum absolute atomic E-state index is 12.6. The minimum atomic E-state index is -3.38. The highest BCUT2D eigenvalue weighted by atomic mass is 32.2. The Bertz CT molecular complexity index is 720. The number of likely N-dealkylation sites (tertiary alicyclic amines) is 1. The van der Waals surface area contributed by atoms with Crippen molar-refractivity contribution in [2.24, 2.45) is 0 Å². The molecule has 1 atom stereocenters. The number of ether oxygens (including phenoxy) is 1. The standard InChI is InChI=1S/C18H26N2O4S2/c21-18-16(9-12-20(18)14-4-1-2-5-14)24-15-7-10-19(11-8-15)26(22,23)17-6-3-13-25-17/h3,6,13-16H,1-2,4-5,7-12H2. The van der Waals surface area contributed by atoms with E-state index < -0.39 is 10.0 Å². The monoisotopic (exact) mass is 398 g/mol. The summed E-state index contributed by atoms with van der Waals surface area (Å²) in [5, 5.41) is 1.78. The summed E-state index contributed by atoms with van der Waals surface area (Å²) in [5.74, 6) is 0.144. The number of carbonyl (C=O) groups is 1. The van der Waals surface area contributed by atoms with Crippen LogP contribution in [0.15, 0.2) is 21.7 Å². The van der Waals surface area contributed by atoms with E-state index in [1.54, 1.807) is 21.8 Å². The number of carbonyl (C=O) groups excluding carboxylic acids is 1. The van der Waals surface area contributed by atoms with Crippen molar-refractivity contribution < 1.29 is 17.9 Å². The van der Waals surface area contributed by atoms with Gasteiger partial charge in [0.25, 0.3) is 15.9 Å². The molecule has 4 rings (SSSR count). The number of hydrogen-bond donors (Lipinski definition) is 0. The summed E-state index contributed by atoms with van der Waals surface area (Å²) < 4.78 is 33.2. The quantitative estimate of drug-likeness (QED) is 0.764. The smallest absolute Gasteiger partial charge is 0.252 e. The van der Waals surface area contributed by atoms with Crippen molar-refractivity contribution in [1.82, 2.24) is 9.21 Å². The summed E-state index contributed by atoms with van der Waals surface area (Å²) in [6.07, 6.45) is 6.39. The predicted molar refractivity (Wildman–Crippen MR) is 99.6 cm³/mol. The molecule has 0 aromatic carbocycles. The van der Waals surface area contributed by atoms with Gasteiger partial charge in [0.2, 0.25) is 0 Å². The lowest BCUT2D eigenvalue weighted by atomic mass is 10.1. The van der Waals surface area contributed by atoms with Crippen LogP contribution in [0.5, 0.6) is 0 Å². The Morgan fingerprint density at radius 2 is 1.77 bits per heavy atom. The van der Waals surface area contributed by atoms with Crippen molar-refractivity contribution in [1.29, 1.82) is 0 Å². The molecule has 144 valence electrons. The first-order valence-corrected chi connectivity index (χ1v) is 11.9. The number of rotatable bonds is 5. The van der Waals surface area contributed by atoms with Gasteiger partial charge in [0, 0.05) is 32.1 Å². The normalized spacial score (nSPS) is 26.8. The Hall–Kier alpha value is -0.960. The molecule has 0 radical (unpaired) electrons. The Labute approximate surface area is 159 Å². The summed E-state index contributed by atoms with van der Waals surface area (Å²) >= 11 is 1.25. The summed E-state index contributed by atoms with van der Waals surface area (Å²) in [4.78, 5) is 14.7. The number of amides is 1. The van der Waals surface area contributed by atoms with Gasteiger partial charge in [-0.05, 0) is 37.1 Å². The van der Waals surface area contributed by atoms with Crippen molar-refractivity contribution in [3.63, 3.8) is 0 Å². The molecule has 0 spiro atoms. The number of hydrogen-bond acceptors (Lipinski definition) is 5. The molecule has 0 bridgehead atoms. The lowest BCUT2D eigenvalue weighted by Gasteiger charge is -2.32. The Morgan fingerprint density at radius 1 is 1.04 bits per heavy atom. The highest BCUT2D eigenvalue weighted by Crippen LogP contribution is 2.30. The van der Waals surface area contributed by atoms with Gasteiger partial charge < -0.3 is 9.64 Å². The van der Waals surface area contributed by atoms with Crippen LogP contribution in [0.1, 0.15) is 44.9 Å². The highest BCUT2D eigenvalue weighted by molar-refractivity contribution is 7.91. The van der Waals surface area contributed by atoms with Crippen molar-refractivity contribution in [3.8, 4) is 0 Å². The molecule has 0 N–H and O–H groups in total. The lowest BCUT2D eigenvalue weighted by molar-refractivity contribution is -0.143. The van der Waals surface area contributed by atoms with Gasteiger partial charge in [-0.3, -0.25) is 4.79 Å². The van der Waals surface area contributed by atoms with Gasteiger partial charge in [-0.25, -0.2) is 8.42 Å². The van der Waals surface area contributed by atoms with Crippen molar-refractivity contribution in [3.05, 3.63) is 17.5 Å². The fraction of sp³-hybridized carbons (Fsp3) is 0.722. The van der Waals surface area contributed by atoms with Gasteiger partial charge in [0.15, 0.2) is 0 Å². The van der Waals surface area contributed by atoms with Crippen molar-refractivity contribution in [2.75, 3.05) is 19.6 Å².